The fourth-order valence-corrected chi connectivity index (χ4v) is 2.55. The lowest BCUT2D eigenvalue weighted by molar-refractivity contribution is 0.211. The van der Waals surface area contributed by atoms with Gasteiger partial charge in [-0.2, -0.15) is 0 Å². The maximum absolute atomic E-state index is 13.5. The molecule has 0 bridgehead atoms. The van der Waals surface area contributed by atoms with E-state index in [1.165, 1.54) is 12.1 Å². The Hall–Kier alpha value is -1.88. The predicted octanol–water partition coefficient (Wildman–Crippen LogP) is 2.23. The third kappa shape index (κ3) is 2.33. The molecule has 1 aromatic carbocycles. The first kappa shape index (κ1) is 12.2. The first-order valence-corrected chi connectivity index (χ1v) is 6.47. The minimum Gasteiger partial charge on any atom is -0.380 e. The van der Waals surface area contributed by atoms with Crippen molar-refractivity contribution in [1.29, 1.82) is 0 Å². The van der Waals surface area contributed by atoms with Crippen molar-refractivity contribution in [2.75, 3.05) is 18.0 Å². The molecule has 2 aromatic rings. The van der Waals surface area contributed by atoms with E-state index in [9.17, 15) is 9.50 Å². The molecule has 0 amide bonds. The number of H-pyrrole nitrogens is 1. The van der Waals surface area contributed by atoms with E-state index < -0.39 is 6.10 Å². The summed E-state index contributed by atoms with van der Waals surface area (Å²) in [6.45, 7) is 1.81. The Kier molecular flexibility index (Phi) is 3.21. The van der Waals surface area contributed by atoms with Crippen LogP contribution in [0.4, 0.5) is 10.1 Å². The van der Waals surface area contributed by atoms with Gasteiger partial charge >= 0.3 is 0 Å². The maximum atomic E-state index is 13.5. The van der Waals surface area contributed by atoms with Gasteiger partial charge in [0.05, 0.1) is 0 Å². The van der Waals surface area contributed by atoms with Crippen LogP contribution in [0.15, 0.2) is 30.6 Å². The molecule has 1 fully saturated rings. The Bertz CT molecular complexity index is 550. The summed E-state index contributed by atoms with van der Waals surface area (Å²) >= 11 is 0. The third-order valence-electron chi connectivity index (χ3n) is 3.51. The summed E-state index contributed by atoms with van der Waals surface area (Å²) in [5, 5.41) is 10.4. The second-order valence-corrected chi connectivity index (χ2v) is 4.77. The number of imidazole rings is 1. The number of hydrogen-bond donors (Lipinski definition) is 2. The number of aromatic amines is 1. The van der Waals surface area contributed by atoms with Gasteiger partial charge in [0.25, 0.3) is 0 Å². The Morgan fingerprint density at radius 3 is 2.79 bits per heavy atom. The van der Waals surface area contributed by atoms with E-state index in [2.05, 4.69) is 14.9 Å². The van der Waals surface area contributed by atoms with E-state index in [-0.39, 0.29) is 5.82 Å². The largest absolute Gasteiger partial charge is 0.380 e. The van der Waals surface area contributed by atoms with Crippen LogP contribution < -0.4 is 4.90 Å². The monoisotopic (exact) mass is 261 g/mol. The Labute approximate surface area is 110 Å². The zero-order valence-corrected chi connectivity index (χ0v) is 10.5. The van der Waals surface area contributed by atoms with Gasteiger partial charge in [-0.25, -0.2) is 9.37 Å². The second-order valence-electron chi connectivity index (χ2n) is 4.77. The molecule has 1 aromatic heterocycles. The van der Waals surface area contributed by atoms with Crippen LogP contribution in [0.5, 0.6) is 0 Å². The number of aliphatic hydroxyl groups excluding tert-OH is 1. The van der Waals surface area contributed by atoms with Crippen LogP contribution in [0.3, 0.4) is 0 Å². The first-order chi connectivity index (χ1) is 9.25. The summed E-state index contributed by atoms with van der Waals surface area (Å²) in [7, 11) is 0. The van der Waals surface area contributed by atoms with Crippen molar-refractivity contribution in [1.82, 2.24) is 9.97 Å². The zero-order chi connectivity index (χ0) is 13.2. The molecule has 5 heteroatoms. The topological polar surface area (TPSA) is 52.2 Å². The van der Waals surface area contributed by atoms with Crippen LogP contribution in [-0.2, 0) is 0 Å². The summed E-state index contributed by atoms with van der Waals surface area (Å²) in [6, 6.07) is 4.50. The van der Waals surface area contributed by atoms with E-state index in [1.54, 1.807) is 18.5 Å². The number of rotatable bonds is 3. The van der Waals surface area contributed by atoms with E-state index in [0.29, 0.717) is 11.4 Å². The molecular weight excluding hydrogens is 245 g/mol. The Morgan fingerprint density at radius 2 is 2.11 bits per heavy atom. The van der Waals surface area contributed by atoms with Gasteiger partial charge in [0.2, 0.25) is 0 Å². The van der Waals surface area contributed by atoms with Crippen LogP contribution in [0.2, 0.25) is 0 Å². The summed E-state index contributed by atoms with van der Waals surface area (Å²) in [6.07, 6.45) is 4.61. The van der Waals surface area contributed by atoms with Crippen molar-refractivity contribution in [3.05, 3.63) is 47.8 Å². The van der Waals surface area contributed by atoms with Crippen molar-refractivity contribution in [2.24, 2.45) is 0 Å². The van der Waals surface area contributed by atoms with Crippen molar-refractivity contribution < 1.29 is 9.50 Å². The molecule has 0 saturated carbocycles. The minimum atomic E-state index is -0.855. The number of aromatic nitrogens is 2. The second kappa shape index (κ2) is 5.01. The fourth-order valence-electron chi connectivity index (χ4n) is 2.55. The normalized spacial score (nSPS) is 16.8. The predicted molar refractivity (Wildman–Crippen MR) is 70.5 cm³/mol. The highest BCUT2D eigenvalue weighted by molar-refractivity contribution is 5.56. The molecule has 1 aliphatic heterocycles. The van der Waals surface area contributed by atoms with Gasteiger partial charge in [-0.1, -0.05) is 6.07 Å². The lowest BCUT2D eigenvalue weighted by atomic mass is 10.1. The molecule has 0 spiro atoms. The quantitative estimate of drug-likeness (QED) is 0.890. The lowest BCUT2D eigenvalue weighted by Crippen LogP contribution is -2.21. The van der Waals surface area contributed by atoms with Crippen LogP contribution in [0, 0.1) is 5.82 Å². The molecule has 0 aliphatic carbocycles. The van der Waals surface area contributed by atoms with Crippen molar-refractivity contribution in [3.8, 4) is 0 Å². The number of nitrogens with zero attached hydrogens (tertiary/aromatic N) is 2. The van der Waals surface area contributed by atoms with Gasteiger partial charge < -0.3 is 15.0 Å². The molecular formula is C14H16FN3O. The SMILES string of the molecule is OC(c1ncc[nH]1)c1ccc(F)cc1N1CCCC1. The standard InChI is InChI=1S/C14H16FN3O/c15-10-3-4-11(13(19)14-16-5-6-17-14)12(9-10)18-7-1-2-8-18/h3-6,9,13,19H,1-2,7-8H2,(H,16,17). The molecule has 1 unspecified atom stereocenters. The lowest BCUT2D eigenvalue weighted by Gasteiger charge is -2.23. The average molecular weight is 261 g/mol. The number of nitrogens with one attached hydrogen (secondary N) is 1. The molecule has 100 valence electrons. The van der Waals surface area contributed by atoms with Crippen molar-refractivity contribution in [3.63, 3.8) is 0 Å². The van der Waals surface area contributed by atoms with Crippen molar-refractivity contribution >= 4 is 5.69 Å². The number of aliphatic hydroxyl groups is 1. The number of benzene rings is 1. The van der Waals surface area contributed by atoms with Gasteiger partial charge in [0.15, 0.2) is 0 Å². The maximum Gasteiger partial charge on any atom is 0.139 e. The Morgan fingerprint density at radius 1 is 1.32 bits per heavy atom. The van der Waals surface area contributed by atoms with Gasteiger partial charge in [-0.3, -0.25) is 0 Å². The van der Waals surface area contributed by atoms with E-state index in [1.807, 2.05) is 0 Å². The highest BCUT2D eigenvalue weighted by Crippen LogP contribution is 2.32. The van der Waals surface area contributed by atoms with E-state index >= 15 is 0 Å². The smallest absolute Gasteiger partial charge is 0.139 e. The molecule has 1 aliphatic rings. The third-order valence-corrected chi connectivity index (χ3v) is 3.51. The van der Waals surface area contributed by atoms with Crippen LogP contribution >= 0.6 is 0 Å². The van der Waals surface area contributed by atoms with E-state index in [4.69, 9.17) is 0 Å². The van der Waals surface area contributed by atoms with Gasteiger partial charge in [-0.05, 0) is 25.0 Å². The molecule has 1 atom stereocenters. The minimum absolute atomic E-state index is 0.280. The van der Waals surface area contributed by atoms with Crippen LogP contribution in [0.1, 0.15) is 30.3 Å². The number of halogens is 1. The molecule has 1 saturated heterocycles. The van der Waals surface area contributed by atoms with Crippen LogP contribution in [-0.4, -0.2) is 28.2 Å². The fraction of sp³-hybridized carbons (Fsp3) is 0.357. The summed E-state index contributed by atoms with van der Waals surface area (Å²) < 4.78 is 13.5. The van der Waals surface area contributed by atoms with Crippen LogP contribution in [0.25, 0.3) is 0 Å². The van der Waals surface area contributed by atoms with E-state index in [0.717, 1.165) is 31.6 Å². The molecule has 19 heavy (non-hydrogen) atoms. The number of hydrogen-bond acceptors (Lipinski definition) is 3. The average Bonchev–Trinajstić information content (AvgIpc) is 3.11. The summed E-state index contributed by atoms with van der Waals surface area (Å²) in [5.74, 6) is 0.198. The molecule has 4 nitrogen and oxygen atoms in total. The molecule has 2 N–H and O–H groups in total. The molecule has 0 radical (unpaired) electrons. The first-order valence-electron chi connectivity index (χ1n) is 6.47. The highest BCUT2D eigenvalue weighted by Gasteiger charge is 2.22. The van der Waals surface area contributed by atoms with Gasteiger partial charge in [0, 0.05) is 36.7 Å². The van der Waals surface area contributed by atoms with Gasteiger partial charge in [-0.15, -0.1) is 0 Å². The summed E-state index contributed by atoms with van der Waals surface area (Å²) in [4.78, 5) is 9.07. The summed E-state index contributed by atoms with van der Waals surface area (Å²) in [5.41, 5.74) is 1.46. The highest BCUT2D eigenvalue weighted by atomic mass is 19.1. The molecule has 2 heterocycles. The van der Waals surface area contributed by atoms with Crippen molar-refractivity contribution in [2.45, 2.75) is 18.9 Å². The number of anilines is 1. The zero-order valence-electron chi connectivity index (χ0n) is 10.5. The van der Waals surface area contributed by atoms with Gasteiger partial charge in [0.1, 0.15) is 17.7 Å². The Balaban J connectivity index is 2.00. The molecule has 3 rings (SSSR count).